The van der Waals surface area contributed by atoms with Crippen LogP contribution in [0.25, 0.3) is 0 Å². The molecule has 0 aliphatic heterocycles. The standard InChI is InChI=1S/C25H29NO6/c1-24(2,3)32-23(28)21-20(17-13-9-6-10-14-17)22(26(30)31)19(16-11-7-5-8-12-16)18(15-27)25(21,4)29/h5-15,18-22,29H,1-4H3/t18-,19-,20+,21-,22-,25-/m1/s1. The molecule has 0 amide bonds. The number of aldehydes is 1. The molecule has 1 aliphatic carbocycles. The first kappa shape index (κ1) is 23.6. The van der Waals surface area contributed by atoms with Gasteiger partial charge in [-0.15, -0.1) is 0 Å². The molecule has 2 aromatic rings. The minimum absolute atomic E-state index is 0.432. The maximum Gasteiger partial charge on any atom is 0.313 e. The zero-order chi connectivity index (χ0) is 23.7. The predicted octanol–water partition coefficient (Wildman–Crippen LogP) is 3.74. The van der Waals surface area contributed by atoms with Crippen LogP contribution in [0, 0.1) is 22.0 Å². The molecule has 0 saturated heterocycles. The molecular weight excluding hydrogens is 410 g/mol. The van der Waals surface area contributed by atoms with Crippen LogP contribution >= 0.6 is 0 Å². The Balaban J connectivity index is 2.28. The van der Waals surface area contributed by atoms with E-state index in [2.05, 4.69) is 0 Å². The second-order valence-electron chi connectivity index (χ2n) is 9.55. The van der Waals surface area contributed by atoms with Crippen molar-refractivity contribution < 1.29 is 24.4 Å². The van der Waals surface area contributed by atoms with Gasteiger partial charge >= 0.3 is 5.97 Å². The summed E-state index contributed by atoms with van der Waals surface area (Å²) in [7, 11) is 0. The average Bonchev–Trinajstić information content (AvgIpc) is 2.71. The SMILES string of the molecule is CC(C)(C)OC(=O)[C@H]1[C@H](c2ccccc2)[C@H]([N+](=O)[O-])[C@H](c2ccccc2)[C@@H](C=O)[C@@]1(C)O. The number of hydrogen-bond donors (Lipinski definition) is 1. The Morgan fingerprint density at radius 2 is 1.50 bits per heavy atom. The van der Waals surface area contributed by atoms with Gasteiger partial charge in [-0.2, -0.15) is 0 Å². The highest BCUT2D eigenvalue weighted by molar-refractivity contribution is 5.78. The average molecular weight is 440 g/mol. The maximum absolute atomic E-state index is 13.4. The van der Waals surface area contributed by atoms with Crippen molar-refractivity contribution in [1.29, 1.82) is 0 Å². The van der Waals surface area contributed by atoms with Gasteiger partial charge in [0.15, 0.2) is 0 Å². The van der Waals surface area contributed by atoms with Gasteiger partial charge in [0.2, 0.25) is 6.04 Å². The molecule has 0 bridgehead atoms. The number of aliphatic hydroxyl groups is 1. The van der Waals surface area contributed by atoms with E-state index < -0.39 is 51.8 Å². The lowest BCUT2D eigenvalue weighted by Crippen LogP contribution is -2.62. The normalized spacial score (nSPS) is 30.3. The smallest absolute Gasteiger partial charge is 0.313 e. The molecule has 3 rings (SSSR count). The Labute approximate surface area is 187 Å². The monoisotopic (exact) mass is 439 g/mol. The molecule has 32 heavy (non-hydrogen) atoms. The van der Waals surface area contributed by atoms with Crippen molar-refractivity contribution in [3.05, 3.63) is 81.9 Å². The van der Waals surface area contributed by atoms with Gasteiger partial charge in [-0.05, 0) is 38.8 Å². The minimum atomic E-state index is -1.88. The molecule has 1 fully saturated rings. The van der Waals surface area contributed by atoms with E-state index in [-0.39, 0.29) is 0 Å². The van der Waals surface area contributed by atoms with Gasteiger partial charge in [-0.1, -0.05) is 60.7 Å². The van der Waals surface area contributed by atoms with Crippen molar-refractivity contribution in [1.82, 2.24) is 0 Å². The van der Waals surface area contributed by atoms with Gasteiger partial charge in [0, 0.05) is 4.92 Å². The third-order valence-electron chi connectivity index (χ3n) is 6.21. The molecule has 2 aromatic carbocycles. The van der Waals surface area contributed by atoms with Crippen molar-refractivity contribution >= 4 is 12.3 Å². The number of ether oxygens (including phenoxy) is 1. The molecule has 1 saturated carbocycles. The van der Waals surface area contributed by atoms with Gasteiger partial charge in [-0.3, -0.25) is 14.9 Å². The molecular formula is C25H29NO6. The number of nitrogens with zero attached hydrogens (tertiary/aromatic N) is 1. The summed E-state index contributed by atoms with van der Waals surface area (Å²) in [6.07, 6.45) is 0.534. The number of carbonyl (C=O) groups is 2. The summed E-state index contributed by atoms with van der Waals surface area (Å²) in [6, 6.07) is 16.0. The first-order valence-corrected chi connectivity index (χ1v) is 10.6. The highest BCUT2D eigenvalue weighted by atomic mass is 16.6. The lowest BCUT2D eigenvalue weighted by atomic mass is 9.55. The molecule has 7 heteroatoms. The zero-order valence-electron chi connectivity index (χ0n) is 18.7. The summed E-state index contributed by atoms with van der Waals surface area (Å²) in [5.74, 6) is -5.19. The maximum atomic E-state index is 13.4. The van der Waals surface area contributed by atoms with Crippen molar-refractivity contribution in [3.8, 4) is 0 Å². The molecule has 1 aliphatic rings. The van der Waals surface area contributed by atoms with Gasteiger partial charge in [0.25, 0.3) is 0 Å². The summed E-state index contributed by atoms with van der Waals surface area (Å²) in [5, 5.41) is 24.2. The van der Waals surface area contributed by atoms with E-state index in [0.717, 1.165) is 0 Å². The minimum Gasteiger partial charge on any atom is -0.460 e. The number of rotatable bonds is 5. The molecule has 0 radical (unpaired) electrons. The molecule has 170 valence electrons. The Bertz CT molecular complexity index is 967. The van der Waals surface area contributed by atoms with Crippen LogP contribution in [-0.2, 0) is 14.3 Å². The highest BCUT2D eigenvalue weighted by Crippen LogP contribution is 2.54. The van der Waals surface area contributed by atoms with Crippen LogP contribution in [0.4, 0.5) is 0 Å². The quantitative estimate of drug-likeness (QED) is 0.329. The second-order valence-corrected chi connectivity index (χ2v) is 9.55. The van der Waals surface area contributed by atoms with Gasteiger partial charge in [-0.25, -0.2) is 0 Å². The third kappa shape index (κ3) is 4.43. The van der Waals surface area contributed by atoms with Crippen molar-refractivity contribution in [3.63, 3.8) is 0 Å². The van der Waals surface area contributed by atoms with Crippen LogP contribution in [0.2, 0.25) is 0 Å². The first-order chi connectivity index (χ1) is 15.0. The summed E-state index contributed by atoms with van der Waals surface area (Å²) >= 11 is 0. The lowest BCUT2D eigenvalue weighted by Gasteiger charge is -2.49. The van der Waals surface area contributed by atoms with E-state index >= 15 is 0 Å². The van der Waals surface area contributed by atoms with E-state index in [1.807, 2.05) is 0 Å². The fourth-order valence-corrected chi connectivity index (χ4v) is 4.95. The second kappa shape index (κ2) is 8.82. The fourth-order valence-electron chi connectivity index (χ4n) is 4.95. The van der Waals surface area contributed by atoms with Crippen LogP contribution in [0.15, 0.2) is 60.7 Å². The molecule has 1 N–H and O–H groups in total. The predicted molar refractivity (Wildman–Crippen MR) is 119 cm³/mol. The number of benzene rings is 2. The van der Waals surface area contributed by atoms with Crippen LogP contribution < -0.4 is 0 Å². The Morgan fingerprint density at radius 3 is 1.91 bits per heavy atom. The number of hydrogen-bond acceptors (Lipinski definition) is 6. The summed E-state index contributed by atoms with van der Waals surface area (Å²) < 4.78 is 5.59. The summed E-state index contributed by atoms with van der Waals surface area (Å²) in [4.78, 5) is 37.7. The molecule has 7 nitrogen and oxygen atoms in total. The molecule has 0 heterocycles. The number of nitro groups is 1. The summed E-state index contributed by atoms with van der Waals surface area (Å²) in [6.45, 7) is 6.47. The number of carbonyl (C=O) groups excluding carboxylic acids is 2. The lowest BCUT2D eigenvalue weighted by molar-refractivity contribution is -0.539. The molecule has 6 atom stereocenters. The van der Waals surface area contributed by atoms with Crippen LogP contribution in [0.1, 0.15) is 50.7 Å². The van der Waals surface area contributed by atoms with Gasteiger partial charge in [0.05, 0.1) is 29.3 Å². The first-order valence-electron chi connectivity index (χ1n) is 10.6. The molecule has 0 spiro atoms. The van der Waals surface area contributed by atoms with E-state index in [1.54, 1.807) is 81.4 Å². The number of esters is 1. The highest BCUT2D eigenvalue weighted by Gasteiger charge is 2.64. The van der Waals surface area contributed by atoms with E-state index in [1.165, 1.54) is 6.92 Å². The van der Waals surface area contributed by atoms with Crippen molar-refractivity contribution in [2.45, 2.75) is 56.8 Å². The zero-order valence-corrected chi connectivity index (χ0v) is 18.7. The van der Waals surface area contributed by atoms with Crippen molar-refractivity contribution in [2.24, 2.45) is 11.8 Å². The van der Waals surface area contributed by atoms with E-state index in [9.17, 15) is 24.8 Å². The summed E-state index contributed by atoms with van der Waals surface area (Å²) in [5.41, 5.74) is -1.64. The van der Waals surface area contributed by atoms with E-state index in [4.69, 9.17) is 4.74 Å². The van der Waals surface area contributed by atoms with Crippen LogP contribution in [0.3, 0.4) is 0 Å². The van der Waals surface area contributed by atoms with E-state index in [0.29, 0.717) is 17.4 Å². The van der Waals surface area contributed by atoms with Crippen LogP contribution in [-0.4, -0.2) is 39.5 Å². The van der Waals surface area contributed by atoms with Gasteiger partial charge < -0.3 is 14.6 Å². The largest absolute Gasteiger partial charge is 0.460 e. The van der Waals surface area contributed by atoms with Crippen molar-refractivity contribution in [2.75, 3.05) is 0 Å². The Hall–Kier alpha value is -3.06. The topological polar surface area (TPSA) is 107 Å². The third-order valence-corrected chi connectivity index (χ3v) is 6.21. The van der Waals surface area contributed by atoms with Gasteiger partial charge in [0.1, 0.15) is 11.9 Å². The molecule has 0 unspecified atom stereocenters. The Kier molecular flexibility index (Phi) is 6.51. The molecule has 0 aromatic heterocycles. The van der Waals surface area contributed by atoms with Crippen LogP contribution in [0.5, 0.6) is 0 Å². The Morgan fingerprint density at radius 1 is 1.03 bits per heavy atom. The fraction of sp³-hybridized carbons (Fsp3) is 0.440.